The fourth-order valence-electron chi connectivity index (χ4n) is 2.89. The molecule has 2 aliphatic carbocycles. The summed E-state index contributed by atoms with van der Waals surface area (Å²) in [6.07, 6.45) is 9.86. The molecule has 0 heterocycles. The third kappa shape index (κ3) is 1.27. The Labute approximate surface area is 74.1 Å². The van der Waals surface area contributed by atoms with Crippen LogP contribution in [0.25, 0.3) is 0 Å². The highest BCUT2D eigenvalue weighted by atomic mass is 14.4. The van der Waals surface area contributed by atoms with Crippen LogP contribution in [0.1, 0.15) is 38.5 Å². The van der Waals surface area contributed by atoms with E-state index in [9.17, 15) is 0 Å². The number of hydrogen-bond acceptors (Lipinski definition) is 1. The molecule has 2 fully saturated rings. The Morgan fingerprint density at radius 3 is 2.92 bits per heavy atom. The summed E-state index contributed by atoms with van der Waals surface area (Å²) in [5.74, 6) is 1.72. The maximum atomic E-state index is 8.61. The summed E-state index contributed by atoms with van der Waals surface area (Å²) < 4.78 is 0. The minimum absolute atomic E-state index is 0.790. The molecule has 2 aliphatic rings. The number of hydrogen-bond donors (Lipinski definition) is 0. The third-order valence-electron chi connectivity index (χ3n) is 3.43. The van der Waals surface area contributed by atoms with E-state index in [2.05, 4.69) is 6.07 Å². The third-order valence-corrected chi connectivity index (χ3v) is 3.43. The van der Waals surface area contributed by atoms with E-state index in [1.54, 1.807) is 0 Å². The Kier molecular flexibility index (Phi) is 2.17. The van der Waals surface area contributed by atoms with Gasteiger partial charge in [-0.3, -0.25) is 0 Å². The van der Waals surface area contributed by atoms with Crippen LogP contribution >= 0.6 is 0 Å². The largest absolute Gasteiger partial charge is 0.193 e. The van der Waals surface area contributed by atoms with Gasteiger partial charge in [0.05, 0.1) is 6.07 Å². The number of allylic oxidation sites excluding steroid dienone is 2. The summed E-state index contributed by atoms with van der Waals surface area (Å²) in [6, 6.07) is 2.19. The van der Waals surface area contributed by atoms with Crippen molar-refractivity contribution in [3.05, 3.63) is 11.6 Å². The Hall–Kier alpha value is -0.770. The minimum atomic E-state index is 0.790. The van der Waals surface area contributed by atoms with Crippen LogP contribution in [0.4, 0.5) is 0 Å². The maximum absolute atomic E-state index is 8.61. The van der Waals surface area contributed by atoms with Gasteiger partial charge in [0, 0.05) is 6.08 Å². The SMILES string of the molecule is N#C/C=C1\CCC[C@H]2CCC[C@@H]12. The van der Waals surface area contributed by atoms with Gasteiger partial charge >= 0.3 is 0 Å². The number of rotatable bonds is 0. The van der Waals surface area contributed by atoms with Crippen molar-refractivity contribution < 1.29 is 0 Å². The molecule has 0 bridgehead atoms. The second kappa shape index (κ2) is 3.31. The average Bonchev–Trinajstić information content (AvgIpc) is 2.53. The smallest absolute Gasteiger partial charge is 0.0911 e. The van der Waals surface area contributed by atoms with Crippen molar-refractivity contribution in [3.8, 4) is 6.07 Å². The van der Waals surface area contributed by atoms with Crippen molar-refractivity contribution in [2.24, 2.45) is 11.8 Å². The lowest BCUT2D eigenvalue weighted by Crippen LogP contribution is -2.15. The van der Waals surface area contributed by atoms with E-state index < -0.39 is 0 Å². The van der Waals surface area contributed by atoms with E-state index >= 15 is 0 Å². The van der Waals surface area contributed by atoms with Gasteiger partial charge in [0.15, 0.2) is 0 Å². The van der Waals surface area contributed by atoms with Gasteiger partial charge in [-0.05, 0) is 43.9 Å². The normalized spacial score (nSPS) is 37.8. The highest BCUT2D eigenvalue weighted by Crippen LogP contribution is 2.44. The molecule has 64 valence electrons. The highest BCUT2D eigenvalue weighted by molar-refractivity contribution is 5.19. The molecule has 0 amide bonds. The lowest BCUT2D eigenvalue weighted by molar-refractivity contribution is 0.349. The molecule has 12 heavy (non-hydrogen) atoms. The molecule has 0 saturated heterocycles. The average molecular weight is 161 g/mol. The monoisotopic (exact) mass is 161 g/mol. The summed E-state index contributed by atoms with van der Waals surface area (Å²) in [6.45, 7) is 0. The number of fused-ring (bicyclic) bond motifs is 1. The molecule has 1 nitrogen and oxygen atoms in total. The van der Waals surface area contributed by atoms with Crippen molar-refractivity contribution in [3.63, 3.8) is 0 Å². The van der Waals surface area contributed by atoms with Crippen molar-refractivity contribution in [1.82, 2.24) is 0 Å². The van der Waals surface area contributed by atoms with Crippen molar-refractivity contribution in [2.75, 3.05) is 0 Å². The van der Waals surface area contributed by atoms with E-state index in [-0.39, 0.29) is 0 Å². The molecule has 0 aromatic rings. The Morgan fingerprint density at radius 2 is 2.08 bits per heavy atom. The van der Waals surface area contributed by atoms with Gasteiger partial charge in [0.2, 0.25) is 0 Å². The zero-order chi connectivity index (χ0) is 8.39. The molecule has 1 heteroatoms. The fraction of sp³-hybridized carbons (Fsp3) is 0.727. The van der Waals surface area contributed by atoms with Crippen molar-refractivity contribution >= 4 is 0 Å². The molecule has 0 aliphatic heterocycles. The van der Waals surface area contributed by atoms with Gasteiger partial charge in [-0.15, -0.1) is 0 Å². The molecule has 2 atom stereocenters. The molecule has 2 rings (SSSR count). The molecule has 0 spiro atoms. The van der Waals surface area contributed by atoms with Crippen LogP contribution in [0, 0.1) is 23.2 Å². The van der Waals surface area contributed by atoms with Gasteiger partial charge in [0.1, 0.15) is 0 Å². The summed E-state index contributed by atoms with van der Waals surface area (Å²) in [5, 5.41) is 8.61. The standard InChI is InChI=1S/C11H15N/c12-8-7-10-4-1-3-9-5-2-6-11(9)10/h7,9,11H,1-6H2/b10-7+/t9-,11+/m0/s1. The van der Waals surface area contributed by atoms with E-state index in [4.69, 9.17) is 5.26 Å². The van der Waals surface area contributed by atoms with Gasteiger partial charge in [-0.25, -0.2) is 0 Å². The summed E-state index contributed by atoms with van der Waals surface area (Å²) in [7, 11) is 0. The first-order valence-electron chi connectivity index (χ1n) is 5.00. The zero-order valence-corrected chi connectivity index (χ0v) is 7.42. The van der Waals surface area contributed by atoms with Crippen LogP contribution in [0.2, 0.25) is 0 Å². The molecule has 0 aromatic heterocycles. The van der Waals surface area contributed by atoms with Crippen molar-refractivity contribution in [1.29, 1.82) is 5.26 Å². The van der Waals surface area contributed by atoms with Crippen LogP contribution in [0.5, 0.6) is 0 Å². The molecule has 2 saturated carbocycles. The van der Waals surface area contributed by atoms with Crippen molar-refractivity contribution in [2.45, 2.75) is 38.5 Å². The molecule has 0 N–H and O–H groups in total. The van der Waals surface area contributed by atoms with Crippen LogP contribution in [-0.4, -0.2) is 0 Å². The topological polar surface area (TPSA) is 23.8 Å². The summed E-state index contributed by atoms with van der Waals surface area (Å²) >= 11 is 0. The Morgan fingerprint density at radius 1 is 1.25 bits per heavy atom. The Balaban J connectivity index is 2.15. The van der Waals surface area contributed by atoms with Crippen LogP contribution in [0.15, 0.2) is 11.6 Å². The highest BCUT2D eigenvalue weighted by Gasteiger charge is 2.32. The molecular formula is C11H15N. The number of nitrogens with zero attached hydrogens (tertiary/aromatic N) is 1. The first-order chi connectivity index (χ1) is 5.92. The molecule has 0 unspecified atom stereocenters. The van der Waals surface area contributed by atoms with Crippen LogP contribution in [-0.2, 0) is 0 Å². The molecule has 0 radical (unpaired) electrons. The van der Waals surface area contributed by atoms with E-state index in [1.165, 1.54) is 44.1 Å². The van der Waals surface area contributed by atoms with E-state index in [1.807, 2.05) is 6.08 Å². The van der Waals surface area contributed by atoms with E-state index in [0.717, 1.165) is 11.8 Å². The second-order valence-corrected chi connectivity index (χ2v) is 4.04. The maximum Gasteiger partial charge on any atom is 0.0911 e. The number of nitriles is 1. The first kappa shape index (κ1) is 7.86. The minimum Gasteiger partial charge on any atom is -0.193 e. The molecule has 0 aromatic carbocycles. The van der Waals surface area contributed by atoms with Gasteiger partial charge in [-0.1, -0.05) is 12.0 Å². The molecular weight excluding hydrogens is 146 g/mol. The van der Waals surface area contributed by atoms with Gasteiger partial charge < -0.3 is 0 Å². The van der Waals surface area contributed by atoms with Gasteiger partial charge in [0.25, 0.3) is 0 Å². The fourth-order valence-corrected chi connectivity index (χ4v) is 2.89. The summed E-state index contributed by atoms with van der Waals surface area (Å²) in [4.78, 5) is 0. The first-order valence-corrected chi connectivity index (χ1v) is 5.00. The lowest BCUT2D eigenvalue weighted by Gasteiger charge is -2.27. The lowest BCUT2D eigenvalue weighted by atomic mass is 9.78. The van der Waals surface area contributed by atoms with Crippen LogP contribution in [0.3, 0.4) is 0 Å². The van der Waals surface area contributed by atoms with E-state index in [0.29, 0.717) is 0 Å². The Bertz CT molecular complexity index is 234. The predicted molar refractivity (Wildman–Crippen MR) is 48.4 cm³/mol. The summed E-state index contributed by atoms with van der Waals surface area (Å²) in [5.41, 5.74) is 1.45. The predicted octanol–water partition coefficient (Wildman–Crippen LogP) is 3.04. The van der Waals surface area contributed by atoms with Gasteiger partial charge in [-0.2, -0.15) is 5.26 Å². The zero-order valence-electron chi connectivity index (χ0n) is 7.42. The van der Waals surface area contributed by atoms with Crippen LogP contribution < -0.4 is 0 Å². The second-order valence-electron chi connectivity index (χ2n) is 4.04. The quantitative estimate of drug-likeness (QED) is 0.501.